The van der Waals surface area contributed by atoms with Crippen molar-refractivity contribution in [3.8, 4) is 0 Å². The van der Waals surface area contributed by atoms with E-state index in [4.69, 9.17) is 4.98 Å². The molecule has 3 aromatic rings. The van der Waals surface area contributed by atoms with Crippen LogP contribution in [-0.2, 0) is 24.7 Å². The molecule has 1 atom stereocenters. The van der Waals surface area contributed by atoms with Crippen LogP contribution in [0.25, 0.3) is 11.0 Å². The molecule has 0 fully saturated rings. The Balaban J connectivity index is 1.18. The van der Waals surface area contributed by atoms with Gasteiger partial charge in [-0.05, 0) is 43.7 Å². The van der Waals surface area contributed by atoms with Gasteiger partial charge >= 0.3 is 5.97 Å². The molecule has 0 amide bonds. The lowest BCUT2D eigenvalue weighted by Gasteiger charge is -2.17. The van der Waals surface area contributed by atoms with Gasteiger partial charge < -0.3 is 15.7 Å². The van der Waals surface area contributed by atoms with E-state index in [1.54, 1.807) is 17.9 Å². The molecule has 9 heteroatoms. The monoisotopic (exact) mass is 437 g/mol. The molecule has 3 aromatic heterocycles. The number of carboxylic acids is 1. The quantitative estimate of drug-likeness (QED) is 0.390. The van der Waals surface area contributed by atoms with E-state index in [-0.39, 0.29) is 0 Å². The van der Waals surface area contributed by atoms with E-state index >= 15 is 0 Å². The predicted molar refractivity (Wildman–Crippen MR) is 124 cm³/mol. The van der Waals surface area contributed by atoms with E-state index in [1.807, 2.05) is 0 Å². The number of hydrogen-bond donors (Lipinski definition) is 3. The number of carbonyl (C=O) groups is 1. The lowest BCUT2D eigenvalue weighted by atomic mass is 10.0. The Kier molecular flexibility index (Phi) is 7.14. The van der Waals surface area contributed by atoms with Crippen molar-refractivity contribution in [2.45, 2.75) is 63.8 Å². The van der Waals surface area contributed by atoms with E-state index in [2.05, 4.69) is 37.8 Å². The number of hydrogen-bond acceptors (Lipinski definition) is 7. The number of pyridine rings is 1. The molecule has 1 unspecified atom stereocenters. The molecular formula is C23H31N7O2. The molecule has 0 bridgehead atoms. The molecule has 0 radical (unpaired) electrons. The number of anilines is 2. The van der Waals surface area contributed by atoms with Crippen molar-refractivity contribution in [3.63, 3.8) is 0 Å². The minimum absolute atomic E-state index is 0.509. The summed E-state index contributed by atoms with van der Waals surface area (Å²) in [7, 11) is 1.79. The second kappa shape index (κ2) is 10.4. The summed E-state index contributed by atoms with van der Waals surface area (Å²) < 4.78 is 1.66. The highest BCUT2D eigenvalue weighted by Gasteiger charge is 2.19. The normalized spacial score (nSPS) is 14.0. The highest BCUT2D eigenvalue weighted by molar-refractivity contribution is 5.87. The van der Waals surface area contributed by atoms with Gasteiger partial charge in [0.15, 0.2) is 5.82 Å². The highest BCUT2D eigenvalue weighted by atomic mass is 16.4. The Morgan fingerprint density at radius 3 is 2.94 bits per heavy atom. The maximum absolute atomic E-state index is 11.7. The van der Waals surface area contributed by atoms with Gasteiger partial charge in [0.25, 0.3) is 0 Å². The average Bonchev–Trinajstić information content (AvgIpc) is 3.19. The van der Waals surface area contributed by atoms with Gasteiger partial charge in [0.2, 0.25) is 0 Å². The van der Waals surface area contributed by atoms with Crippen LogP contribution in [0.15, 0.2) is 24.7 Å². The molecule has 4 heterocycles. The summed E-state index contributed by atoms with van der Waals surface area (Å²) in [5.41, 5.74) is 3.88. The molecule has 32 heavy (non-hydrogen) atoms. The van der Waals surface area contributed by atoms with Crippen molar-refractivity contribution < 1.29 is 9.90 Å². The van der Waals surface area contributed by atoms with Crippen molar-refractivity contribution >= 4 is 28.6 Å². The first kappa shape index (κ1) is 22.0. The summed E-state index contributed by atoms with van der Waals surface area (Å²) in [6, 6.07) is 3.68. The Hall–Kier alpha value is -3.23. The molecular weight excluding hydrogens is 406 g/mol. The third kappa shape index (κ3) is 5.33. The fraction of sp³-hybridized carbons (Fsp3) is 0.522. The van der Waals surface area contributed by atoms with Gasteiger partial charge in [-0.3, -0.25) is 4.68 Å². The first-order valence-corrected chi connectivity index (χ1v) is 11.5. The molecule has 9 nitrogen and oxygen atoms in total. The highest BCUT2D eigenvalue weighted by Crippen LogP contribution is 2.22. The van der Waals surface area contributed by atoms with Crippen LogP contribution in [0.1, 0.15) is 56.2 Å². The van der Waals surface area contributed by atoms with Crippen LogP contribution in [0, 0.1) is 0 Å². The smallest absolute Gasteiger partial charge is 0.326 e. The molecule has 0 aromatic carbocycles. The van der Waals surface area contributed by atoms with Crippen LogP contribution in [-0.4, -0.2) is 48.4 Å². The third-order valence-electron chi connectivity index (χ3n) is 6.01. The number of aromatic nitrogens is 5. The number of aliphatic carboxylic acids is 1. The van der Waals surface area contributed by atoms with Crippen molar-refractivity contribution in [3.05, 3.63) is 35.9 Å². The fourth-order valence-corrected chi connectivity index (χ4v) is 4.23. The largest absolute Gasteiger partial charge is 0.480 e. The van der Waals surface area contributed by atoms with Crippen LogP contribution in [0.3, 0.4) is 0 Å². The minimum Gasteiger partial charge on any atom is -0.480 e. The van der Waals surface area contributed by atoms with Crippen LogP contribution < -0.4 is 10.6 Å². The average molecular weight is 438 g/mol. The molecule has 0 spiro atoms. The molecule has 0 saturated heterocycles. The maximum atomic E-state index is 11.7. The Morgan fingerprint density at radius 2 is 2.06 bits per heavy atom. The van der Waals surface area contributed by atoms with Gasteiger partial charge in [0, 0.05) is 19.3 Å². The second-order valence-corrected chi connectivity index (χ2v) is 8.41. The summed E-state index contributed by atoms with van der Waals surface area (Å²) >= 11 is 0. The zero-order valence-corrected chi connectivity index (χ0v) is 18.5. The summed E-state index contributed by atoms with van der Waals surface area (Å²) in [5, 5.41) is 20.3. The zero-order chi connectivity index (χ0) is 22.3. The summed E-state index contributed by atoms with van der Waals surface area (Å²) in [4.78, 5) is 24.9. The Morgan fingerprint density at radius 1 is 1.22 bits per heavy atom. The van der Waals surface area contributed by atoms with E-state index in [1.165, 1.54) is 18.3 Å². The number of fused-ring (bicyclic) bond motifs is 2. The number of carboxylic acid groups (broad SMARTS) is 1. The number of nitrogens with zero attached hydrogens (tertiary/aromatic N) is 5. The van der Waals surface area contributed by atoms with Gasteiger partial charge in [0.1, 0.15) is 29.2 Å². The molecule has 0 aliphatic carbocycles. The molecule has 170 valence electrons. The molecule has 0 saturated carbocycles. The minimum atomic E-state index is -0.869. The predicted octanol–water partition coefficient (Wildman–Crippen LogP) is 3.56. The second-order valence-electron chi connectivity index (χ2n) is 8.41. The van der Waals surface area contributed by atoms with Gasteiger partial charge in [0.05, 0.1) is 6.20 Å². The summed E-state index contributed by atoms with van der Waals surface area (Å²) in [6.07, 6.45) is 12.1. The number of aryl methyl sites for hydroxylation is 3. The van der Waals surface area contributed by atoms with Crippen molar-refractivity contribution in [1.82, 2.24) is 24.7 Å². The Labute approximate surface area is 187 Å². The molecule has 1 aliphatic heterocycles. The van der Waals surface area contributed by atoms with Crippen LogP contribution in [0.5, 0.6) is 0 Å². The first-order valence-electron chi connectivity index (χ1n) is 11.5. The van der Waals surface area contributed by atoms with Crippen LogP contribution >= 0.6 is 0 Å². The Bertz CT molecular complexity index is 1070. The van der Waals surface area contributed by atoms with E-state index in [0.717, 1.165) is 63.0 Å². The zero-order valence-electron chi connectivity index (χ0n) is 18.5. The fourth-order valence-electron chi connectivity index (χ4n) is 4.23. The van der Waals surface area contributed by atoms with E-state index in [9.17, 15) is 9.90 Å². The van der Waals surface area contributed by atoms with Gasteiger partial charge in [-0.25, -0.2) is 19.7 Å². The standard InChI is InChI=1S/C23H31N7O2/c1-30-20-19(14-27-30)25-15-26-22(20)29-18(23(31)32)10-6-4-2-3-5-9-17-12-11-16-8-7-13-24-21(16)28-17/h11-12,14-15,18H,2-10,13H2,1H3,(H,24,28)(H,31,32)(H,25,26,29). The topological polar surface area (TPSA) is 118 Å². The van der Waals surface area contributed by atoms with Crippen LogP contribution in [0.4, 0.5) is 11.6 Å². The maximum Gasteiger partial charge on any atom is 0.326 e. The lowest BCUT2D eigenvalue weighted by molar-refractivity contribution is -0.138. The SMILES string of the molecule is Cn1ncc2ncnc(NC(CCCCCCCc3ccc4c(n3)NCCC4)C(=O)O)c21. The summed E-state index contributed by atoms with van der Waals surface area (Å²) in [6.45, 7) is 1.01. The third-order valence-corrected chi connectivity index (χ3v) is 6.01. The number of rotatable bonds is 11. The number of unbranched alkanes of at least 4 members (excludes halogenated alkanes) is 4. The lowest BCUT2D eigenvalue weighted by Crippen LogP contribution is -2.29. The van der Waals surface area contributed by atoms with Crippen LogP contribution in [0.2, 0.25) is 0 Å². The van der Waals surface area contributed by atoms with Gasteiger partial charge in [-0.1, -0.05) is 31.7 Å². The van der Waals surface area contributed by atoms with Crippen molar-refractivity contribution in [2.75, 3.05) is 17.2 Å². The molecule has 1 aliphatic rings. The number of nitrogens with one attached hydrogen (secondary N) is 2. The van der Waals surface area contributed by atoms with Crippen molar-refractivity contribution in [2.24, 2.45) is 7.05 Å². The molecule has 4 rings (SSSR count). The molecule has 3 N–H and O–H groups in total. The van der Waals surface area contributed by atoms with E-state index in [0.29, 0.717) is 23.3 Å². The first-order chi connectivity index (χ1) is 15.6. The summed E-state index contributed by atoms with van der Waals surface area (Å²) in [5.74, 6) is 0.702. The van der Waals surface area contributed by atoms with Gasteiger partial charge in [-0.15, -0.1) is 0 Å². The van der Waals surface area contributed by atoms with Crippen molar-refractivity contribution in [1.29, 1.82) is 0 Å². The van der Waals surface area contributed by atoms with Gasteiger partial charge in [-0.2, -0.15) is 5.10 Å². The van der Waals surface area contributed by atoms with E-state index < -0.39 is 12.0 Å².